The Morgan fingerprint density at radius 1 is 1.14 bits per heavy atom. The van der Waals surface area contributed by atoms with Gasteiger partial charge in [-0.25, -0.2) is 0 Å². The highest BCUT2D eigenvalue weighted by molar-refractivity contribution is 5.86. The van der Waals surface area contributed by atoms with Crippen LogP contribution in [0.15, 0.2) is 48.5 Å². The lowest BCUT2D eigenvalue weighted by Gasteiger charge is -2.18. The molecule has 6 heteroatoms. The van der Waals surface area contributed by atoms with E-state index >= 15 is 0 Å². The summed E-state index contributed by atoms with van der Waals surface area (Å²) in [6, 6.07) is 15.8. The Labute approximate surface area is 164 Å². The van der Waals surface area contributed by atoms with Gasteiger partial charge >= 0.3 is 5.97 Å². The van der Waals surface area contributed by atoms with Crippen LogP contribution in [0.2, 0.25) is 0 Å². The number of amides is 1. The van der Waals surface area contributed by atoms with Crippen LogP contribution in [0, 0.1) is 5.92 Å². The van der Waals surface area contributed by atoms with E-state index in [1.165, 1.54) is 5.56 Å². The van der Waals surface area contributed by atoms with Crippen molar-refractivity contribution in [2.24, 2.45) is 5.92 Å². The van der Waals surface area contributed by atoms with Gasteiger partial charge in [-0.05, 0) is 36.1 Å². The lowest BCUT2D eigenvalue weighted by atomic mass is 10.1. The number of carboxylic acid groups (broad SMARTS) is 1. The maximum atomic E-state index is 12.1. The quantitative estimate of drug-likeness (QED) is 0.673. The zero-order valence-electron chi connectivity index (χ0n) is 16.0. The van der Waals surface area contributed by atoms with Crippen molar-refractivity contribution < 1.29 is 24.2 Å². The van der Waals surface area contributed by atoms with Crippen molar-refractivity contribution in [2.75, 3.05) is 20.3 Å². The maximum Gasteiger partial charge on any atom is 0.308 e. The van der Waals surface area contributed by atoms with E-state index in [9.17, 15) is 9.59 Å². The molecule has 1 aliphatic rings. The fourth-order valence-electron chi connectivity index (χ4n) is 3.35. The molecule has 2 aromatic carbocycles. The monoisotopic (exact) mass is 383 g/mol. The van der Waals surface area contributed by atoms with Gasteiger partial charge in [-0.3, -0.25) is 9.59 Å². The molecule has 1 fully saturated rings. The molecule has 1 unspecified atom stereocenters. The predicted octanol–water partition coefficient (Wildman–Crippen LogP) is 3.14. The van der Waals surface area contributed by atoms with E-state index in [1.54, 1.807) is 12.0 Å². The first-order valence-electron chi connectivity index (χ1n) is 9.41. The Morgan fingerprint density at radius 2 is 1.93 bits per heavy atom. The molecule has 2 aromatic rings. The average molecular weight is 383 g/mol. The van der Waals surface area contributed by atoms with E-state index in [0.717, 1.165) is 18.4 Å². The third kappa shape index (κ3) is 5.03. The van der Waals surface area contributed by atoms with Crippen molar-refractivity contribution in [3.8, 4) is 11.5 Å². The number of nitrogens with zero attached hydrogens (tertiary/aromatic N) is 1. The molecule has 1 N–H and O–H groups in total. The van der Waals surface area contributed by atoms with Gasteiger partial charge in [0.1, 0.15) is 0 Å². The molecule has 0 spiro atoms. The number of likely N-dealkylation sites (tertiary alicyclic amines) is 1. The number of rotatable bonds is 9. The van der Waals surface area contributed by atoms with Gasteiger partial charge in [0.15, 0.2) is 11.5 Å². The molecule has 1 aliphatic heterocycles. The molecule has 1 atom stereocenters. The number of aryl methyl sites for hydroxylation is 1. The van der Waals surface area contributed by atoms with Gasteiger partial charge in [-0.1, -0.05) is 36.4 Å². The fourth-order valence-corrected chi connectivity index (χ4v) is 3.35. The van der Waals surface area contributed by atoms with Gasteiger partial charge in [0.05, 0.1) is 19.6 Å². The summed E-state index contributed by atoms with van der Waals surface area (Å²) in [5, 5.41) is 9.11. The average Bonchev–Trinajstić information content (AvgIpc) is 3.07. The van der Waals surface area contributed by atoms with Gasteiger partial charge < -0.3 is 19.5 Å². The summed E-state index contributed by atoms with van der Waals surface area (Å²) in [7, 11) is 1.59. The number of methoxy groups -OCH3 is 1. The summed E-state index contributed by atoms with van der Waals surface area (Å²) in [5.41, 5.74) is 2.16. The summed E-state index contributed by atoms with van der Waals surface area (Å²) in [6.07, 6.45) is 1.87. The normalized spacial score (nSPS) is 16.2. The van der Waals surface area contributed by atoms with Crippen molar-refractivity contribution in [1.29, 1.82) is 0 Å². The molecule has 1 amide bonds. The van der Waals surface area contributed by atoms with Crippen LogP contribution in [-0.4, -0.2) is 42.1 Å². The third-order valence-corrected chi connectivity index (χ3v) is 4.88. The number of aliphatic carboxylic acids is 1. The molecule has 0 bridgehead atoms. The van der Waals surface area contributed by atoms with E-state index in [-0.39, 0.29) is 18.9 Å². The second kappa shape index (κ2) is 9.26. The van der Waals surface area contributed by atoms with Crippen molar-refractivity contribution in [2.45, 2.75) is 25.8 Å². The molecule has 0 radical (unpaired) electrons. The summed E-state index contributed by atoms with van der Waals surface area (Å²) >= 11 is 0. The van der Waals surface area contributed by atoms with Crippen LogP contribution < -0.4 is 9.47 Å². The minimum absolute atomic E-state index is 0.0638. The number of ether oxygens (including phenoxy) is 2. The van der Waals surface area contributed by atoms with Gasteiger partial charge in [0, 0.05) is 19.5 Å². The number of carboxylic acids is 1. The SMILES string of the molecule is COc1ccc(CN2CC(C(=O)O)CC2=O)cc1OCCCc1ccccc1. The first-order chi connectivity index (χ1) is 13.6. The summed E-state index contributed by atoms with van der Waals surface area (Å²) in [5.74, 6) is -0.407. The standard InChI is InChI=1S/C22H25NO5/c1-27-19-10-9-17(14-23-15-18(22(25)26)13-21(23)24)12-20(19)28-11-5-8-16-6-3-2-4-7-16/h2-4,6-7,9-10,12,18H,5,8,11,13-15H2,1H3,(H,25,26). The summed E-state index contributed by atoms with van der Waals surface area (Å²) < 4.78 is 11.3. The number of carbonyl (C=O) groups excluding carboxylic acids is 1. The van der Waals surface area contributed by atoms with E-state index in [1.807, 2.05) is 36.4 Å². The number of hydrogen-bond acceptors (Lipinski definition) is 4. The van der Waals surface area contributed by atoms with E-state index < -0.39 is 11.9 Å². The van der Waals surface area contributed by atoms with Crippen LogP contribution in [0.5, 0.6) is 11.5 Å². The third-order valence-electron chi connectivity index (χ3n) is 4.88. The molecule has 6 nitrogen and oxygen atoms in total. The van der Waals surface area contributed by atoms with Crippen LogP contribution in [0.4, 0.5) is 0 Å². The van der Waals surface area contributed by atoms with Crippen LogP contribution in [0.25, 0.3) is 0 Å². The Bertz CT molecular complexity index is 821. The Morgan fingerprint density at radius 3 is 2.61 bits per heavy atom. The minimum atomic E-state index is -0.923. The number of carbonyl (C=O) groups is 2. The van der Waals surface area contributed by atoms with Crippen molar-refractivity contribution >= 4 is 11.9 Å². The number of hydrogen-bond donors (Lipinski definition) is 1. The van der Waals surface area contributed by atoms with E-state index in [2.05, 4.69) is 12.1 Å². The molecular weight excluding hydrogens is 358 g/mol. The van der Waals surface area contributed by atoms with Gasteiger partial charge in [0.2, 0.25) is 5.91 Å². The summed E-state index contributed by atoms with van der Waals surface area (Å²) in [6.45, 7) is 1.17. The minimum Gasteiger partial charge on any atom is -0.493 e. The van der Waals surface area contributed by atoms with Gasteiger partial charge in [-0.15, -0.1) is 0 Å². The topological polar surface area (TPSA) is 76.1 Å². The highest BCUT2D eigenvalue weighted by Gasteiger charge is 2.34. The van der Waals surface area contributed by atoms with Crippen LogP contribution in [0.1, 0.15) is 24.0 Å². The van der Waals surface area contributed by atoms with E-state index in [4.69, 9.17) is 14.6 Å². The number of benzene rings is 2. The Balaban J connectivity index is 1.58. The predicted molar refractivity (Wildman–Crippen MR) is 104 cm³/mol. The molecule has 0 aromatic heterocycles. The fraction of sp³-hybridized carbons (Fsp3) is 0.364. The molecule has 3 rings (SSSR count). The lowest BCUT2D eigenvalue weighted by molar-refractivity contribution is -0.141. The largest absolute Gasteiger partial charge is 0.493 e. The molecule has 0 aliphatic carbocycles. The van der Waals surface area contributed by atoms with Crippen LogP contribution >= 0.6 is 0 Å². The highest BCUT2D eigenvalue weighted by atomic mass is 16.5. The van der Waals surface area contributed by atoms with Crippen molar-refractivity contribution in [1.82, 2.24) is 4.90 Å². The molecule has 28 heavy (non-hydrogen) atoms. The van der Waals surface area contributed by atoms with Gasteiger partial charge in [0.25, 0.3) is 0 Å². The zero-order valence-corrected chi connectivity index (χ0v) is 16.0. The second-order valence-corrected chi connectivity index (χ2v) is 6.94. The molecule has 1 heterocycles. The smallest absolute Gasteiger partial charge is 0.308 e. The Hall–Kier alpha value is -3.02. The van der Waals surface area contributed by atoms with Crippen molar-refractivity contribution in [3.63, 3.8) is 0 Å². The van der Waals surface area contributed by atoms with Crippen molar-refractivity contribution in [3.05, 3.63) is 59.7 Å². The molecular formula is C22H25NO5. The zero-order chi connectivity index (χ0) is 19.9. The second-order valence-electron chi connectivity index (χ2n) is 6.94. The summed E-state index contributed by atoms with van der Waals surface area (Å²) in [4.78, 5) is 24.8. The highest BCUT2D eigenvalue weighted by Crippen LogP contribution is 2.30. The van der Waals surface area contributed by atoms with Crippen LogP contribution in [0.3, 0.4) is 0 Å². The molecule has 1 saturated heterocycles. The van der Waals surface area contributed by atoms with Crippen LogP contribution in [-0.2, 0) is 22.6 Å². The molecule has 148 valence electrons. The lowest BCUT2D eigenvalue weighted by Crippen LogP contribution is -2.25. The van der Waals surface area contributed by atoms with Gasteiger partial charge in [-0.2, -0.15) is 0 Å². The first-order valence-corrected chi connectivity index (χ1v) is 9.41. The van der Waals surface area contributed by atoms with E-state index in [0.29, 0.717) is 24.7 Å². The molecule has 0 saturated carbocycles. The Kier molecular flexibility index (Phi) is 6.53. The maximum absolute atomic E-state index is 12.1. The first kappa shape index (κ1) is 19.7.